The summed E-state index contributed by atoms with van der Waals surface area (Å²) in [5, 5.41) is 3.16. The molecule has 21 heavy (non-hydrogen) atoms. The van der Waals surface area contributed by atoms with Crippen LogP contribution in [0.2, 0.25) is 0 Å². The second kappa shape index (κ2) is 7.33. The summed E-state index contributed by atoms with van der Waals surface area (Å²) in [6.07, 6.45) is 2.48. The lowest BCUT2D eigenvalue weighted by Crippen LogP contribution is -2.08. The molecule has 1 N–H and O–H groups in total. The molecule has 0 unspecified atom stereocenters. The average molecular weight is 289 g/mol. The Balaban J connectivity index is 1.93. The maximum atomic E-state index is 5.29. The molecule has 0 saturated carbocycles. The van der Waals surface area contributed by atoms with Crippen LogP contribution in [0.25, 0.3) is 0 Å². The molecule has 0 radical (unpaired) electrons. The van der Waals surface area contributed by atoms with E-state index in [9.17, 15) is 0 Å². The number of hydrogen-bond donors (Lipinski definition) is 1. The molecule has 0 bridgehead atoms. The Hall–Kier alpha value is -2.50. The van der Waals surface area contributed by atoms with Crippen molar-refractivity contribution in [1.29, 1.82) is 0 Å². The number of aromatic nitrogens is 2. The Morgan fingerprint density at radius 1 is 1.00 bits per heavy atom. The molecule has 0 atom stereocenters. The fraction of sp³-hybridized carbons (Fsp3) is 0.333. The molecule has 0 aliphatic rings. The van der Waals surface area contributed by atoms with Gasteiger partial charge in [0.15, 0.2) is 11.5 Å². The summed E-state index contributed by atoms with van der Waals surface area (Å²) < 4.78 is 15.6. The van der Waals surface area contributed by atoms with E-state index in [-0.39, 0.29) is 0 Å². The lowest BCUT2D eigenvalue weighted by Gasteiger charge is -2.10. The molecule has 0 aliphatic heterocycles. The number of benzene rings is 1. The van der Waals surface area contributed by atoms with Crippen molar-refractivity contribution >= 4 is 5.95 Å². The van der Waals surface area contributed by atoms with Gasteiger partial charge in [0.05, 0.1) is 21.3 Å². The minimum Gasteiger partial charge on any atom is -0.493 e. The van der Waals surface area contributed by atoms with E-state index in [0.717, 1.165) is 23.5 Å². The minimum atomic E-state index is 0.540. The van der Waals surface area contributed by atoms with Gasteiger partial charge in [0.1, 0.15) is 0 Å². The number of ether oxygens (including phenoxy) is 3. The first-order valence-corrected chi connectivity index (χ1v) is 6.58. The Morgan fingerprint density at radius 2 is 1.81 bits per heavy atom. The maximum absolute atomic E-state index is 5.29. The van der Waals surface area contributed by atoms with Gasteiger partial charge in [-0.3, -0.25) is 0 Å². The van der Waals surface area contributed by atoms with E-state index in [0.29, 0.717) is 18.4 Å². The van der Waals surface area contributed by atoms with Crippen LogP contribution in [-0.4, -0.2) is 37.8 Å². The summed E-state index contributed by atoms with van der Waals surface area (Å²) in [4.78, 5) is 8.33. The molecule has 0 saturated heterocycles. The highest BCUT2D eigenvalue weighted by atomic mass is 16.5. The van der Waals surface area contributed by atoms with Crippen molar-refractivity contribution < 1.29 is 14.2 Å². The second-order valence-electron chi connectivity index (χ2n) is 4.29. The lowest BCUT2D eigenvalue weighted by molar-refractivity contribution is 0.354. The van der Waals surface area contributed by atoms with Gasteiger partial charge in [-0.05, 0) is 24.1 Å². The van der Waals surface area contributed by atoms with Crippen LogP contribution in [-0.2, 0) is 6.42 Å². The third-order valence-electron chi connectivity index (χ3n) is 2.98. The van der Waals surface area contributed by atoms with Gasteiger partial charge in [-0.2, -0.15) is 4.98 Å². The summed E-state index contributed by atoms with van der Waals surface area (Å²) in [5.74, 6) is 2.55. The number of anilines is 1. The molecular formula is C15H19N3O3. The van der Waals surface area contributed by atoms with E-state index < -0.39 is 0 Å². The van der Waals surface area contributed by atoms with Crippen molar-refractivity contribution in [2.45, 2.75) is 6.42 Å². The van der Waals surface area contributed by atoms with Gasteiger partial charge < -0.3 is 19.5 Å². The molecule has 6 nitrogen and oxygen atoms in total. The van der Waals surface area contributed by atoms with Crippen LogP contribution in [0.5, 0.6) is 17.4 Å². The van der Waals surface area contributed by atoms with Crippen LogP contribution in [0.4, 0.5) is 5.95 Å². The monoisotopic (exact) mass is 289 g/mol. The van der Waals surface area contributed by atoms with Crippen LogP contribution in [0.1, 0.15) is 5.56 Å². The molecule has 6 heteroatoms. The highest BCUT2D eigenvalue weighted by molar-refractivity contribution is 5.43. The number of nitrogens with zero attached hydrogens (tertiary/aromatic N) is 2. The van der Waals surface area contributed by atoms with E-state index in [2.05, 4.69) is 15.3 Å². The topological polar surface area (TPSA) is 65.5 Å². The normalized spacial score (nSPS) is 10.0. The zero-order valence-electron chi connectivity index (χ0n) is 12.4. The standard InChI is InChI=1S/C15H19N3O3/c1-19-12-5-4-11(10-13(12)20-2)6-8-16-15-17-9-7-14(18-15)21-3/h4-5,7,9-10H,6,8H2,1-3H3,(H,16,17,18). The SMILES string of the molecule is COc1ccnc(NCCc2ccc(OC)c(OC)c2)n1. The van der Waals surface area contributed by atoms with Crippen molar-refractivity contribution in [3.63, 3.8) is 0 Å². The quantitative estimate of drug-likeness (QED) is 0.842. The summed E-state index contributed by atoms with van der Waals surface area (Å²) in [6, 6.07) is 7.58. The molecule has 0 amide bonds. The Morgan fingerprint density at radius 3 is 2.52 bits per heavy atom. The number of methoxy groups -OCH3 is 3. The Bertz CT molecular complexity index is 590. The number of nitrogens with one attached hydrogen (secondary N) is 1. The predicted octanol–water partition coefficient (Wildman–Crippen LogP) is 2.16. The van der Waals surface area contributed by atoms with Gasteiger partial charge in [-0.1, -0.05) is 6.07 Å². The van der Waals surface area contributed by atoms with Crippen molar-refractivity contribution in [1.82, 2.24) is 9.97 Å². The van der Waals surface area contributed by atoms with Crippen LogP contribution in [0.15, 0.2) is 30.5 Å². The predicted molar refractivity (Wildman–Crippen MR) is 80.3 cm³/mol. The highest BCUT2D eigenvalue weighted by Crippen LogP contribution is 2.27. The van der Waals surface area contributed by atoms with Crippen LogP contribution >= 0.6 is 0 Å². The minimum absolute atomic E-state index is 0.540. The third-order valence-corrected chi connectivity index (χ3v) is 2.98. The smallest absolute Gasteiger partial charge is 0.225 e. The summed E-state index contributed by atoms with van der Waals surface area (Å²) >= 11 is 0. The molecule has 1 aromatic carbocycles. The average Bonchev–Trinajstić information content (AvgIpc) is 2.55. The van der Waals surface area contributed by atoms with Crippen molar-refractivity contribution in [2.24, 2.45) is 0 Å². The lowest BCUT2D eigenvalue weighted by atomic mass is 10.1. The first-order valence-electron chi connectivity index (χ1n) is 6.58. The molecule has 112 valence electrons. The number of rotatable bonds is 7. The fourth-order valence-corrected chi connectivity index (χ4v) is 1.90. The maximum Gasteiger partial charge on any atom is 0.225 e. The fourth-order valence-electron chi connectivity index (χ4n) is 1.90. The van der Waals surface area contributed by atoms with Crippen molar-refractivity contribution in [3.05, 3.63) is 36.0 Å². The van der Waals surface area contributed by atoms with Crippen LogP contribution < -0.4 is 19.5 Å². The molecule has 2 rings (SSSR count). The van der Waals surface area contributed by atoms with Gasteiger partial charge >= 0.3 is 0 Å². The molecule has 0 fully saturated rings. The molecule has 1 aromatic heterocycles. The Kier molecular flexibility index (Phi) is 5.20. The zero-order valence-corrected chi connectivity index (χ0v) is 12.4. The Labute approximate surface area is 124 Å². The first kappa shape index (κ1) is 14.9. The van der Waals surface area contributed by atoms with Gasteiger partial charge in [0.2, 0.25) is 11.8 Å². The first-order chi connectivity index (χ1) is 10.3. The van der Waals surface area contributed by atoms with Crippen LogP contribution in [0.3, 0.4) is 0 Å². The van der Waals surface area contributed by atoms with Gasteiger partial charge in [-0.15, -0.1) is 0 Å². The van der Waals surface area contributed by atoms with Crippen LogP contribution in [0, 0.1) is 0 Å². The largest absolute Gasteiger partial charge is 0.493 e. The van der Waals surface area contributed by atoms with Gasteiger partial charge in [0, 0.05) is 18.8 Å². The van der Waals surface area contributed by atoms with E-state index in [1.807, 2.05) is 18.2 Å². The van der Waals surface area contributed by atoms with Gasteiger partial charge in [0.25, 0.3) is 0 Å². The van der Waals surface area contributed by atoms with Crippen molar-refractivity contribution in [3.8, 4) is 17.4 Å². The third kappa shape index (κ3) is 3.98. The molecular weight excluding hydrogens is 270 g/mol. The van der Waals surface area contributed by atoms with E-state index in [4.69, 9.17) is 14.2 Å². The summed E-state index contributed by atoms with van der Waals surface area (Å²) in [7, 11) is 4.83. The molecule has 0 spiro atoms. The second-order valence-corrected chi connectivity index (χ2v) is 4.29. The summed E-state index contributed by atoms with van der Waals surface area (Å²) in [6.45, 7) is 0.711. The molecule has 1 heterocycles. The molecule has 0 aliphatic carbocycles. The van der Waals surface area contributed by atoms with Gasteiger partial charge in [-0.25, -0.2) is 4.98 Å². The molecule has 2 aromatic rings. The zero-order chi connectivity index (χ0) is 15.1. The summed E-state index contributed by atoms with van der Waals surface area (Å²) in [5.41, 5.74) is 1.14. The van der Waals surface area contributed by atoms with E-state index >= 15 is 0 Å². The number of hydrogen-bond acceptors (Lipinski definition) is 6. The van der Waals surface area contributed by atoms with E-state index in [1.54, 1.807) is 33.6 Å². The van der Waals surface area contributed by atoms with Crippen molar-refractivity contribution in [2.75, 3.05) is 33.2 Å². The van der Waals surface area contributed by atoms with E-state index in [1.165, 1.54) is 0 Å². The highest BCUT2D eigenvalue weighted by Gasteiger charge is 2.05.